The molecule has 1 atom stereocenters. The van der Waals surface area contributed by atoms with E-state index in [9.17, 15) is 5.11 Å². The van der Waals surface area contributed by atoms with Crippen LogP contribution in [0.15, 0.2) is 29.4 Å². The van der Waals surface area contributed by atoms with Crippen LogP contribution in [0.1, 0.15) is 18.4 Å². The Bertz CT molecular complexity index is 436. The molecule has 0 aromatic heterocycles. The maximum Gasteiger partial charge on any atom is 0.156 e. The molecule has 0 aliphatic carbocycles. The molecule has 2 aliphatic rings. The molecule has 4 heteroatoms. The summed E-state index contributed by atoms with van der Waals surface area (Å²) in [4.78, 5) is 5.55. The Morgan fingerprint density at radius 1 is 1.44 bits per heavy atom. The Morgan fingerprint density at radius 2 is 2.38 bits per heavy atom. The number of hydrogen-bond acceptors (Lipinski definition) is 4. The lowest BCUT2D eigenvalue weighted by Crippen LogP contribution is -2.31. The summed E-state index contributed by atoms with van der Waals surface area (Å²) in [7, 11) is 0. The predicted octanol–water partition coefficient (Wildman–Crippen LogP) is 1.25. The topological polar surface area (TPSA) is 53.9 Å². The summed E-state index contributed by atoms with van der Waals surface area (Å²) in [5.41, 5.74) is 1.74. The van der Waals surface area contributed by atoms with Gasteiger partial charge >= 0.3 is 0 Å². The van der Waals surface area contributed by atoms with E-state index in [1.807, 2.05) is 12.1 Å². The SMILES string of the molecule is Oc1cccc(C2=NOC3(CCNC3)C2)c1. The first-order valence-corrected chi connectivity index (χ1v) is 5.53. The molecular formula is C12H14N2O2. The van der Waals surface area contributed by atoms with Crippen LogP contribution in [0.4, 0.5) is 0 Å². The van der Waals surface area contributed by atoms with Gasteiger partial charge in [-0.15, -0.1) is 0 Å². The zero-order chi connectivity index (χ0) is 11.0. The molecule has 0 saturated carbocycles. The van der Waals surface area contributed by atoms with Gasteiger partial charge in [-0.3, -0.25) is 0 Å². The fraction of sp³-hybridized carbons (Fsp3) is 0.417. The van der Waals surface area contributed by atoms with E-state index in [4.69, 9.17) is 4.84 Å². The highest BCUT2D eigenvalue weighted by atomic mass is 16.7. The Balaban J connectivity index is 1.83. The Labute approximate surface area is 93.9 Å². The van der Waals surface area contributed by atoms with E-state index in [-0.39, 0.29) is 11.4 Å². The molecule has 84 valence electrons. The number of nitrogens with zero attached hydrogens (tertiary/aromatic N) is 1. The second-order valence-corrected chi connectivity index (χ2v) is 4.47. The van der Waals surface area contributed by atoms with Gasteiger partial charge in [0.1, 0.15) is 5.75 Å². The van der Waals surface area contributed by atoms with Crippen molar-refractivity contribution in [2.45, 2.75) is 18.4 Å². The van der Waals surface area contributed by atoms with Gasteiger partial charge in [0.2, 0.25) is 0 Å². The molecule has 2 aliphatic heterocycles. The lowest BCUT2D eigenvalue weighted by Gasteiger charge is -2.18. The van der Waals surface area contributed by atoms with Crippen LogP contribution in [0.3, 0.4) is 0 Å². The van der Waals surface area contributed by atoms with Crippen LogP contribution in [0, 0.1) is 0 Å². The molecule has 1 saturated heterocycles. The molecule has 1 unspecified atom stereocenters. The summed E-state index contributed by atoms with van der Waals surface area (Å²) in [5.74, 6) is 0.269. The van der Waals surface area contributed by atoms with Crippen LogP contribution in [-0.2, 0) is 4.84 Å². The number of phenolic OH excluding ortho intramolecular Hbond substituents is 1. The highest BCUT2D eigenvalue weighted by Crippen LogP contribution is 2.32. The van der Waals surface area contributed by atoms with E-state index in [0.717, 1.165) is 37.2 Å². The van der Waals surface area contributed by atoms with Crippen molar-refractivity contribution in [2.24, 2.45) is 5.16 Å². The Kier molecular flexibility index (Phi) is 2.11. The van der Waals surface area contributed by atoms with Crippen molar-refractivity contribution in [3.63, 3.8) is 0 Å². The number of benzene rings is 1. The second-order valence-electron chi connectivity index (χ2n) is 4.47. The van der Waals surface area contributed by atoms with Crippen molar-refractivity contribution >= 4 is 5.71 Å². The number of rotatable bonds is 1. The summed E-state index contributed by atoms with van der Waals surface area (Å²) in [6, 6.07) is 7.16. The predicted molar refractivity (Wildman–Crippen MR) is 60.6 cm³/mol. The molecule has 1 aromatic rings. The summed E-state index contributed by atoms with van der Waals surface area (Å²) in [6.07, 6.45) is 1.82. The van der Waals surface area contributed by atoms with Crippen molar-refractivity contribution in [3.05, 3.63) is 29.8 Å². The van der Waals surface area contributed by atoms with E-state index < -0.39 is 0 Å². The standard InChI is InChI=1S/C12H14N2O2/c15-10-3-1-2-9(6-10)11-7-12(16-14-11)4-5-13-8-12/h1-3,6,13,15H,4-5,7-8H2. The number of nitrogens with one attached hydrogen (secondary N) is 1. The van der Waals surface area contributed by atoms with Crippen LogP contribution < -0.4 is 5.32 Å². The van der Waals surface area contributed by atoms with Gasteiger partial charge in [0.25, 0.3) is 0 Å². The van der Waals surface area contributed by atoms with Gasteiger partial charge in [-0.1, -0.05) is 17.3 Å². The Morgan fingerprint density at radius 3 is 3.12 bits per heavy atom. The van der Waals surface area contributed by atoms with Crippen LogP contribution in [-0.4, -0.2) is 29.5 Å². The number of oxime groups is 1. The quantitative estimate of drug-likeness (QED) is 0.746. The third kappa shape index (κ3) is 1.55. The highest BCUT2D eigenvalue weighted by Gasteiger charge is 2.42. The summed E-state index contributed by atoms with van der Waals surface area (Å²) in [6.45, 7) is 1.85. The van der Waals surface area contributed by atoms with E-state index in [1.165, 1.54) is 0 Å². The molecule has 1 spiro atoms. The highest BCUT2D eigenvalue weighted by molar-refractivity contribution is 6.02. The minimum absolute atomic E-state index is 0.138. The molecular weight excluding hydrogens is 204 g/mol. The Hall–Kier alpha value is -1.55. The lowest BCUT2D eigenvalue weighted by molar-refractivity contribution is -0.00190. The zero-order valence-electron chi connectivity index (χ0n) is 8.94. The third-order valence-corrected chi connectivity index (χ3v) is 3.22. The van der Waals surface area contributed by atoms with Gasteiger partial charge in [0, 0.05) is 24.9 Å². The van der Waals surface area contributed by atoms with Crippen molar-refractivity contribution in [1.82, 2.24) is 5.32 Å². The lowest BCUT2D eigenvalue weighted by atomic mass is 9.93. The van der Waals surface area contributed by atoms with Crippen LogP contribution in [0.5, 0.6) is 5.75 Å². The number of hydrogen-bond donors (Lipinski definition) is 2. The first-order chi connectivity index (χ1) is 7.77. The monoisotopic (exact) mass is 218 g/mol. The summed E-state index contributed by atoms with van der Waals surface area (Å²) in [5, 5.41) is 16.9. The van der Waals surface area contributed by atoms with Crippen LogP contribution in [0.2, 0.25) is 0 Å². The summed E-state index contributed by atoms with van der Waals surface area (Å²) >= 11 is 0. The third-order valence-electron chi connectivity index (χ3n) is 3.22. The fourth-order valence-electron chi connectivity index (χ4n) is 2.31. The normalized spacial score (nSPS) is 28.1. The van der Waals surface area contributed by atoms with Gasteiger partial charge in [-0.05, 0) is 18.7 Å². The molecule has 0 radical (unpaired) electrons. The smallest absolute Gasteiger partial charge is 0.156 e. The van der Waals surface area contributed by atoms with E-state index in [0.29, 0.717) is 0 Å². The average Bonchev–Trinajstić information content (AvgIpc) is 2.90. The molecule has 1 fully saturated rings. The molecule has 4 nitrogen and oxygen atoms in total. The average molecular weight is 218 g/mol. The van der Waals surface area contributed by atoms with E-state index >= 15 is 0 Å². The zero-order valence-corrected chi connectivity index (χ0v) is 8.94. The minimum atomic E-state index is -0.138. The van der Waals surface area contributed by atoms with Gasteiger partial charge in [0.15, 0.2) is 5.60 Å². The molecule has 16 heavy (non-hydrogen) atoms. The largest absolute Gasteiger partial charge is 0.508 e. The molecule has 0 amide bonds. The van der Waals surface area contributed by atoms with Crippen LogP contribution >= 0.6 is 0 Å². The minimum Gasteiger partial charge on any atom is -0.508 e. The van der Waals surface area contributed by atoms with Crippen molar-refractivity contribution < 1.29 is 9.94 Å². The van der Waals surface area contributed by atoms with Gasteiger partial charge in [-0.2, -0.15) is 0 Å². The molecule has 2 heterocycles. The van der Waals surface area contributed by atoms with Gasteiger partial charge in [0.05, 0.1) is 5.71 Å². The van der Waals surface area contributed by atoms with Crippen molar-refractivity contribution in [2.75, 3.05) is 13.1 Å². The van der Waals surface area contributed by atoms with E-state index in [1.54, 1.807) is 12.1 Å². The fourth-order valence-corrected chi connectivity index (χ4v) is 2.31. The number of aromatic hydroxyl groups is 1. The van der Waals surface area contributed by atoms with Crippen molar-refractivity contribution in [3.8, 4) is 5.75 Å². The second kappa shape index (κ2) is 3.49. The van der Waals surface area contributed by atoms with E-state index in [2.05, 4.69) is 10.5 Å². The number of phenols is 1. The van der Waals surface area contributed by atoms with Gasteiger partial charge in [-0.25, -0.2) is 0 Å². The maximum atomic E-state index is 9.42. The first-order valence-electron chi connectivity index (χ1n) is 5.53. The first kappa shape index (κ1) is 9.66. The molecule has 1 aromatic carbocycles. The molecule has 2 N–H and O–H groups in total. The van der Waals surface area contributed by atoms with Crippen molar-refractivity contribution in [1.29, 1.82) is 0 Å². The molecule has 3 rings (SSSR count). The van der Waals surface area contributed by atoms with Gasteiger partial charge < -0.3 is 15.3 Å². The summed E-state index contributed by atoms with van der Waals surface area (Å²) < 4.78 is 0. The maximum absolute atomic E-state index is 9.42. The molecule has 0 bridgehead atoms. The van der Waals surface area contributed by atoms with Crippen LogP contribution in [0.25, 0.3) is 0 Å².